The van der Waals surface area contributed by atoms with Gasteiger partial charge in [0.05, 0.1) is 17.9 Å². The summed E-state index contributed by atoms with van der Waals surface area (Å²) in [6.45, 7) is 1.93. The van der Waals surface area contributed by atoms with Gasteiger partial charge in [-0.1, -0.05) is 6.07 Å². The van der Waals surface area contributed by atoms with Crippen LogP contribution in [0.25, 0.3) is 0 Å². The highest BCUT2D eigenvalue weighted by Gasteiger charge is 2.16. The van der Waals surface area contributed by atoms with E-state index in [1.54, 1.807) is 12.4 Å². The van der Waals surface area contributed by atoms with Crippen molar-refractivity contribution in [1.82, 2.24) is 15.4 Å². The zero-order valence-electron chi connectivity index (χ0n) is 9.39. The summed E-state index contributed by atoms with van der Waals surface area (Å²) in [5, 5.41) is 0. The van der Waals surface area contributed by atoms with E-state index < -0.39 is 5.82 Å². The van der Waals surface area contributed by atoms with Gasteiger partial charge in [-0.2, -0.15) is 0 Å². The van der Waals surface area contributed by atoms with Crippen LogP contribution in [0, 0.1) is 12.7 Å². The van der Waals surface area contributed by atoms with Crippen LogP contribution in [0.4, 0.5) is 4.39 Å². The number of hydrogen-bond acceptors (Lipinski definition) is 4. The fourth-order valence-electron chi connectivity index (χ4n) is 1.72. The second kappa shape index (κ2) is 4.99. The average molecular weight is 232 g/mol. The Kier molecular flexibility index (Phi) is 3.41. The van der Waals surface area contributed by atoms with Crippen molar-refractivity contribution in [3.8, 4) is 0 Å². The van der Waals surface area contributed by atoms with E-state index in [9.17, 15) is 4.39 Å². The number of hydrazine groups is 1. The van der Waals surface area contributed by atoms with Gasteiger partial charge >= 0.3 is 0 Å². The van der Waals surface area contributed by atoms with Gasteiger partial charge < -0.3 is 0 Å². The van der Waals surface area contributed by atoms with Crippen molar-refractivity contribution in [2.75, 3.05) is 0 Å². The molecule has 0 saturated heterocycles. The number of halogens is 1. The first kappa shape index (κ1) is 11.6. The van der Waals surface area contributed by atoms with Crippen LogP contribution in [0.2, 0.25) is 0 Å². The van der Waals surface area contributed by atoms with E-state index in [0.29, 0.717) is 5.56 Å². The molecule has 0 saturated carbocycles. The highest BCUT2D eigenvalue weighted by molar-refractivity contribution is 5.30. The molecular weight excluding hydrogens is 219 g/mol. The molecule has 2 aromatic rings. The Morgan fingerprint density at radius 3 is 2.88 bits per heavy atom. The van der Waals surface area contributed by atoms with E-state index in [-0.39, 0.29) is 6.04 Å². The maximum atomic E-state index is 13.1. The molecule has 88 valence electrons. The zero-order chi connectivity index (χ0) is 12.3. The minimum Gasteiger partial charge on any atom is -0.271 e. The molecule has 2 heterocycles. The third kappa shape index (κ3) is 2.46. The van der Waals surface area contributed by atoms with Gasteiger partial charge in [0.2, 0.25) is 0 Å². The van der Waals surface area contributed by atoms with E-state index in [1.807, 2.05) is 19.1 Å². The topological polar surface area (TPSA) is 63.8 Å². The van der Waals surface area contributed by atoms with Gasteiger partial charge in [0.15, 0.2) is 0 Å². The standard InChI is InChI=1S/C12H13FN4/c1-8-3-2-4-16-11(8)12(17-14)9-5-10(13)7-15-6-9/h2-7,12,17H,14H2,1H3. The summed E-state index contributed by atoms with van der Waals surface area (Å²) in [5.74, 6) is 5.12. The Labute approximate surface area is 98.7 Å². The first-order valence-corrected chi connectivity index (χ1v) is 5.20. The Hall–Kier alpha value is -1.85. The fraction of sp³-hybridized carbons (Fsp3) is 0.167. The van der Waals surface area contributed by atoms with Crippen molar-refractivity contribution in [2.45, 2.75) is 13.0 Å². The lowest BCUT2D eigenvalue weighted by molar-refractivity contribution is 0.589. The third-order valence-electron chi connectivity index (χ3n) is 2.55. The normalized spacial score (nSPS) is 12.4. The predicted octanol–water partition coefficient (Wildman–Crippen LogP) is 1.48. The van der Waals surface area contributed by atoms with Gasteiger partial charge in [-0.15, -0.1) is 0 Å². The third-order valence-corrected chi connectivity index (χ3v) is 2.55. The Morgan fingerprint density at radius 2 is 2.24 bits per heavy atom. The van der Waals surface area contributed by atoms with Crippen LogP contribution < -0.4 is 11.3 Å². The van der Waals surface area contributed by atoms with Gasteiger partial charge in [-0.3, -0.25) is 15.8 Å². The van der Waals surface area contributed by atoms with Gasteiger partial charge in [0.25, 0.3) is 0 Å². The number of pyridine rings is 2. The van der Waals surface area contributed by atoms with E-state index in [0.717, 1.165) is 17.5 Å². The van der Waals surface area contributed by atoms with Crippen LogP contribution in [0.1, 0.15) is 22.9 Å². The lowest BCUT2D eigenvalue weighted by Crippen LogP contribution is -2.30. The summed E-state index contributed by atoms with van der Waals surface area (Å²) in [5.41, 5.74) is 5.03. The van der Waals surface area contributed by atoms with E-state index >= 15 is 0 Å². The lowest BCUT2D eigenvalue weighted by Gasteiger charge is -2.17. The molecule has 0 amide bonds. The number of nitrogens with two attached hydrogens (primary N) is 1. The molecule has 4 nitrogen and oxygen atoms in total. The molecule has 0 aromatic carbocycles. The number of nitrogens with zero attached hydrogens (tertiary/aromatic N) is 2. The predicted molar refractivity (Wildman–Crippen MR) is 62.3 cm³/mol. The molecule has 0 bridgehead atoms. The SMILES string of the molecule is Cc1cccnc1C(NN)c1cncc(F)c1. The highest BCUT2D eigenvalue weighted by Crippen LogP contribution is 2.21. The van der Waals surface area contributed by atoms with E-state index in [2.05, 4.69) is 15.4 Å². The van der Waals surface area contributed by atoms with Gasteiger partial charge in [-0.25, -0.2) is 9.82 Å². The first-order chi connectivity index (χ1) is 8.22. The van der Waals surface area contributed by atoms with Crippen LogP contribution >= 0.6 is 0 Å². The van der Waals surface area contributed by atoms with E-state index in [4.69, 9.17) is 5.84 Å². The van der Waals surface area contributed by atoms with Crippen molar-refractivity contribution in [2.24, 2.45) is 5.84 Å². The van der Waals surface area contributed by atoms with Crippen LogP contribution in [0.15, 0.2) is 36.8 Å². The van der Waals surface area contributed by atoms with Crippen LogP contribution in [0.5, 0.6) is 0 Å². The molecule has 2 aromatic heterocycles. The molecule has 1 unspecified atom stereocenters. The number of aryl methyl sites for hydroxylation is 1. The van der Waals surface area contributed by atoms with Crippen LogP contribution in [0.3, 0.4) is 0 Å². The van der Waals surface area contributed by atoms with Crippen molar-refractivity contribution in [1.29, 1.82) is 0 Å². The number of nitrogens with one attached hydrogen (secondary N) is 1. The summed E-state index contributed by atoms with van der Waals surface area (Å²) in [4.78, 5) is 8.07. The molecule has 3 N–H and O–H groups in total. The largest absolute Gasteiger partial charge is 0.271 e. The van der Waals surface area contributed by atoms with E-state index in [1.165, 1.54) is 6.07 Å². The Morgan fingerprint density at radius 1 is 1.41 bits per heavy atom. The van der Waals surface area contributed by atoms with Crippen LogP contribution in [-0.2, 0) is 0 Å². The molecule has 0 aliphatic carbocycles. The molecule has 17 heavy (non-hydrogen) atoms. The summed E-state index contributed by atoms with van der Waals surface area (Å²) in [7, 11) is 0. The molecule has 0 spiro atoms. The minimum absolute atomic E-state index is 0.362. The number of rotatable bonds is 3. The second-order valence-electron chi connectivity index (χ2n) is 3.74. The molecule has 0 fully saturated rings. The second-order valence-corrected chi connectivity index (χ2v) is 3.74. The van der Waals surface area contributed by atoms with Crippen molar-refractivity contribution < 1.29 is 4.39 Å². The number of hydrogen-bond donors (Lipinski definition) is 2. The Balaban J connectivity index is 2.44. The summed E-state index contributed by atoms with van der Waals surface area (Å²) >= 11 is 0. The van der Waals surface area contributed by atoms with Crippen molar-refractivity contribution in [3.05, 3.63) is 59.4 Å². The zero-order valence-corrected chi connectivity index (χ0v) is 9.39. The van der Waals surface area contributed by atoms with Gasteiger partial charge in [0.1, 0.15) is 5.82 Å². The van der Waals surface area contributed by atoms with Crippen molar-refractivity contribution in [3.63, 3.8) is 0 Å². The lowest BCUT2D eigenvalue weighted by atomic mass is 10.0. The fourth-order valence-corrected chi connectivity index (χ4v) is 1.72. The molecule has 5 heteroatoms. The smallest absolute Gasteiger partial charge is 0.141 e. The Bertz CT molecular complexity index is 515. The molecule has 0 aliphatic heterocycles. The molecular formula is C12H13FN4. The first-order valence-electron chi connectivity index (χ1n) is 5.20. The van der Waals surface area contributed by atoms with Crippen molar-refractivity contribution >= 4 is 0 Å². The maximum Gasteiger partial charge on any atom is 0.141 e. The summed E-state index contributed by atoms with van der Waals surface area (Å²) < 4.78 is 13.1. The van der Waals surface area contributed by atoms with Crippen LogP contribution in [-0.4, -0.2) is 9.97 Å². The van der Waals surface area contributed by atoms with Gasteiger partial charge in [-0.05, 0) is 30.2 Å². The average Bonchev–Trinajstić information content (AvgIpc) is 2.33. The highest BCUT2D eigenvalue weighted by atomic mass is 19.1. The summed E-state index contributed by atoms with van der Waals surface area (Å²) in [6.07, 6.45) is 4.41. The molecule has 0 radical (unpaired) electrons. The quantitative estimate of drug-likeness (QED) is 0.621. The molecule has 1 atom stereocenters. The minimum atomic E-state index is -0.392. The maximum absolute atomic E-state index is 13.1. The number of aromatic nitrogens is 2. The van der Waals surface area contributed by atoms with Gasteiger partial charge in [0, 0.05) is 12.4 Å². The molecule has 0 aliphatic rings. The molecule has 2 rings (SSSR count). The summed E-state index contributed by atoms with van der Waals surface area (Å²) in [6, 6.07) is 4.81. The monoisotopic (exact) mass is 232 g/mol.